The standard InChI is InChI=1S/C28H31F7O2/c1-2-17-3-5-18(6-4-17)19-7-9-20(10-8-19)21-11-13-22(14-12-21)27(31,32)36-23-15-24(29)26(25(30)16-23)37-28(33,34)35/h11-20H,2-10H2,1H3/t17-,18-,19-,20-. The van der Waals surface area contributed by atoms with Crippen LogP contribution < -0.4 is 9.47 Å². The molecule has 37 heavy (non-hydrogen) atoms. The summed E-state index contributed by atoms with van der Waals surface area (Å²) in [5, 5.41) is 0. The van der Waals surface area contributed by atoms with Gasteiger partial charge in [0.25, 0.3) is 0 Å². The van der Waals surface area contributed by atoms with E-state index in [9.17, 15) is 30.7 Å². The summed E-state index contributed by atoms with van der Waals surface area (Å²) in [7, 11) is 0. The Kier molecular flexibility index (Phi) is 8.29. The van der Waals surface area contributed by atoms with Crippen LogP contribution in [0.15, 0.2) is 36.4 Å². The minimum Gasteiger partial charge on any atom is -0.429 e. The van der Waals surface area contributed by atoms with E-state index < -0.39 is 41.2 Å². The van der Waals surface area contributed by atoms with E-state index >= 15 is 0 Å². The first-order valence-corrected chi connectivity index (χ1v) is 12.9. The molecule has 2 saturated carbocycles. The summed E-state index contributed by atoms with van der Waals surface area (Å²) in [5.74, 6) is -3.64. The summed E-state index contributed by atoms with van der Waals surface area (Å²) < 4.78 is 102. The second-order valence-corrected chi connectivity index (χ2v) is 10.3. The lowest BCUT2D eigenvalue weighted by Crippen LogP contribution is -2.25. The SMILES string of the molecule is CC[C@H]1CC[C@H]([C@H]2CC[C@H](c3ccc(C(F)(F)Oc4cc(F)c(OC(F)(F)F)c(F)c4)cc3)CC2)CC1. The number of hydrogen-bond donors (Lipinski definition) is 0. The van der Waals surface area contributed by atoms with Crippen molar-refractivity contribution in [2.45, 2.75) is 83.1 Å². The van der Waals surface area contributed by atoms with Gasteiger partial charge < -0.3 is 9.47 Å². The molecule has 2 fully saturated rings. The van der Waals surface area contributed by atoms with Crippen molar-refractivity contribution in [1.29, 1.82) is 0 Å². The largest absolute Gasteiger partial charge is 0.573 e. The van der Waals surface area contributed by atoms with E-state index in [1.807, 2.05) is 0 Å². The van der Waals surface area contributed by atoms with Gasteiger partial charge in [0.15, 0.2) is 11.6 Å². The second-order valence-electron chi connectivity index (χ2n) is 10.3. The maximum absolute atomic E-state index is 14.7. The van der Waals surface area contributed by atoms with Gasteiger partial charge in [0.2, 0.25) is 5.75 Å². The van der Waals surface area contributed by atoms with Crippen LogP contribution in [0.2, 0.25) is 0 Å². The molecular weight excluding hydrogens is 501 g/mol. The van der Waals surface area contributed by atoms with Crippen LogP contribution in [0.4, 0.5) is 30.7 Å². The van der Waals surface area contributed by atoms with E-state index in [0.717, 1.165) is 49.0 Å². The first-order chi connectivity index (χ1) is 17.4. The third-order valence-electron chi connectivity index (χ3n) is 8.06. The van der Waals surface area contributed by atoms with Crippen molar-refractivity contribution >= 4 is 0 Å². The Balaban J connectivity index is 1.35. The summed E-state index contributed by atoms with van der Waals surface area (Å²) >= 11 is 0. The third kappa shape index (κ3) is 6.90. The van der Waals surface area contributed by atoms with E-state index in [1.54, 1.807) is 12.1 Å². The molecule has 2 aliphatic rings. The molecule has 2 aromatic rings. The highest BCUT2D eigenvalue weighted by atomic mass is 19.4. The number of hydrogen-bond acceptors (Lipinski definition) is 2. The predicted octanol–water partition coefficient (Wildman–Crippen LogP) is 9.48. The highest BCUT2D eigenvalue weighted by Gasteiger charge is 2.38. The molecule has 0 N–H and O–H groups in total. The van der Waals surface area contributed by atoms with E-state index in [0.29, 0.717) is 0 Å². The first-order valence-electron chi connectivity index (χ1n) is 12.9. The maximum atomic E-state index is 14.7. The van der Waals surface area contributed by atoms with Crippen molar-refractivity contribution in [3.8, 4) is 11.5 Å². The number of rotatable bonds is 7. The van der Waals surface area contributed by atoms with Gasteiger partial charge in [-0.15, -0.1) is 13.2 Å². The molecule has 0 saturated heterocycles. The molecule has 0 spiro atoms. The maximum Gasteiger partial charge on any atom is 0.573 e. The Morgan fingerprint density at radius 2 is 1.24 bits per heavy atom. The van der Waals surface area contributed by atoms with Gasteiger partial charge in [-0.3, -0.25) is 0 Å². The van der Waals surface area contributed by atoms with Crippen molar-refractivity contribution in [2.24, 2.45) is 17.8 Å². The normalized spacial score (nSPS) is 25.1. The molecule has 0 aliphatic heterocycles. The fraction of sp³-hybridized carbons (Fsp3) is 0.571. The zero-order valence-corrected chi connectivity index (χ0v) is 20.6. The van der Waals surface area contributed by atoms with Gasteiger partial charge in [0, 0.05) is 12.1 Å². The van der Waals surface area contributed by atoms with Gasteiger partial charge >= 0.3 is 12.5 Å². The zero-order chi connectivity index (χ0) is 26.8. The van der Waals surface area contributed by atoms with Gasteiger partial charge in [-0.1, -0.05) is 38.3 Å². The monoisotopic (exact) mass is 532 g/mol. The number of halogens is 7. The molecule has 4 rings (SSSR count). The Hall–Kier alpha value is -2.45. The molecule has 0 amide bonds. The summed E-state index contributed by atoms with van der Waals surface area (Å²) in [4.78, 5) is 0. The Labute approximate surface area is 212 Å². The number of alkyl halides is 5. The van der Waals surface area contributed by atoms with Gasteiger partial charge in [-0.25, -0.2) is 8.78 Å². The highest BCUT2D eigenvalue weighted by Crippen LogP contribution is 2.45. The Bertz CT molecular complexity index is 1010. The van der Waals surface area contributed by atoms with E-state index in [1.165, 1.54) is 44.2 Å². The summed E-state index contributed by atoms with van der Waals surface area (Å²) in [6.07, 6.45) is 1.51. The predicted molar refractivity (Wildman–Crippen MR) is 124 cm³/mol. The molecule has 0 heterocycles. The molecule has 2 nitrogen and oxygen atoms in total. The molecule has 204 valence electrons. The van der Waals surface area contributed by atoms with Crippen LogP contribution in [0, 0.1) is 29.4 Å². The molecular formula is C28H31F7O2. The minimum absolute atomic E-state index is 0.222. The lowest BCUT2D eigenvalue weighted by molar-refractivity contribution is -0.276. The van der Waals surface area contributed by atoms with Crippen molar-refractivity contribution in [3.63, 3.8) is 0 Å². The Morgan fingerprint density at radius 1 is 0.730 bits per heavy atom. The van der Waals surface area contributed by atoms with Crippen LogP contribution in [0.1, 0.15) is 81.8 Å². The number of benzene rings is 2. The average Bonchev–Trinajstić information content (AvgIpc) is 2.86. The quantitative estimate of drug-likeness (QED) is 0.331. The molecule has 0 radical (unpaired) electrons. The topological polar surface area (TPSA) is 18.5 Å². The fourth-order valence-corrected chi connectivity index (χ4v) is 5.96. The summed E-state index contributed by atoms with van der Waals surface area (Å²) in [5.41, 5.74) is 0.424. The van der Waals surface area contributed by atoms with Crippen molar-refractivity contribution in [2.75, 3.05) is 0 Å². The molecule has 2 aliphatic carbocycles. The van der Waals surface area contributed by atoms with Gasteiger partial charge in [0.05, 0.1) is 5.56 Å². The van der Waals surface area contributed by atoms with E-state index in [-0.39, 0.29) is 18.1 Å². The van der Waals surface area contributed by atoms with Gasteiger partial charge in [0.1, 0.15) is 5.75 Å². The molecule has 9 heteroatoms. The smallest absolute Gasteiger partial charge is 0.429 e. The highest BCUT2D eigenvalue weighted by molar-refractivity contribution is 5.36. The van der Waals surface area contributed by atoms with Crippen LogP contribution in [-0.4, -0.2) is 6.36 Å². The third-order valence-corrected chi connectivity index (χ3v) is 8.06. The fourth-order valence-electron chi connectivity index (χ4n) is 5.96. The van der Waals surface area contributed by atoms with Crippen molar-refractivity contribution < 1.29 is 40.2 Å². The minimum atomic E-state index is -5.34. The van der Waals surface area contributed by atoms with Crippen LogP contribution in [-0.2, 0) is 6.11 Å². The summed E-state index contributed by atoms with van der Waals surface area (Å²) in [6, 6.07) is 6.10. The van der Waals surface area contributed by atoms with Crippen LogP contribution in [0.25, 0.3) is 0 Å². The van der Waals surface area contributed by atoms with Crippen LogP contribution in [0.3, 0.4) is 0 Å². The molecule has 0 bridgehead atoms. The van der Waals surface area contributed by atoms with Crippen molar-refractivity contribution in [3.05, 3.63) is 59.2 Å². The molecule has 0 unspecified atom stereocenters. The van der Waals surface area contributed by atoms with Crippen LogP contribution >= 0.6 is 0 Å². The second kappa shape index (κ2) is 11.1. The molecule has 0 aromatic heterocycles. The molecule has 2 aromatic carbocycles. The lowest BCUT2D eigenvalue weighted by Gasteiger charge is -2.38. The van der Waals surface area contributed by atoms with E-state index in [2.05, 4.69) is 16.4 Å². The molecule has 0 atom stereocenters. The average molecular weight is 533 g/mol. The van der Waals surface area contributed by atoms with Gasteiger partial charge in [-0.2, -0.15) is 8.78 Å². The van der Waals surface area contributed by atoms with Gasteiger partial charge in [-0.05, 0) is 79.9 Å². The zero-order valence-electron chi connectivity index (χ0n) is 20.6. The first kappa shape index (κ1) is 27.6. The lowest BCUT2D eigenvalue weighted by atomic mass is 9.68. The van der Waals surface area contributed by atoms with E-state index in [4.69, 9.17) is 0 Å². The van der Waals surface area contributed by atoms with Crippen molar-refractivity contribution in [1.82, 2.24) is 0 Å². The summed E-state index contributed by atoms with van der Waals surface area (Å²) in [6.45, 7) is 2.26. The number of ether oxygens (including phenoxy) is 2. The Morgan fingerprint density at radius 3 is 1.73 bits per heavy atom. The van der Waals surface area contributed by atoms with Crippen LogP contribution in [0.5, 0.6) is 11.5 Å².